The molecule has 0 spiro atoms. The third-order valence-corrected chi connectivity index (χ3v) is 7.45. The normalized spacial score (nSPS) is 15.0. The number of halogens is 1. The molecule has 1 N–H and O–H groups in total. The van der Waals surface area contributed by atoms with E-state index in [1.165, 1.54) is 22.2 Å². The number of hydrogen-bond donors (Lipinski definition) is 1. The number of ether oxygens (including phenoxy) is 2. The standard InChI is InChI=1S/C27H30BrNO5S2/c1-5-33-21-14-18(15-22-25(32)29(26(35)36-22)12-6-7-23(30)31)13-20(28)24(21)34-16-17-8-10-19(11-9-17)27(2,3)4/h8-11,13-15H,5-7,12,16H2,1-4H3,(H,30,31)/b22-15+. The Hall–Kier alpha value is -2.36. The summed E-state index contributed by atoms with van der Waals surface area (Å²) in [7, 11) is 0. The van der Waals surface area contributed by atoms with Crippen molar-refractivity contribution in [2.75, 3.05) is 13.2 Å². The molecule has 1 aliphatic heterocycles. The summed E-state index contributed by atoms with van der Waals surface area (Å²) >= 11 is 10.1. The van der Waals surface area contributed by atoms with E-state index in [1.54, 1.807) is 6.08 Å². The molecule has 1 saturated heterocycles. The van der Waals surface area contributed by atoms with Crippen LogP contribution in [0.1, 0.15) is 57.2 Å². The van der Waals surface area contributed by atoms with Gasteiger partial charge in [0, 0.05) is 13.0 Å². The van der Waals surface area contributed by atoms with E-state index in [0.717, 1.165) is 11.1 Å². The number of amides is 1. The maximum atomic E-state index is 12.8. The molecular weight excluding hydrogens is 562 g/mol. The molecule has 1 amide bonds. The van der Waals surface area contributed by atoms with Crippen molar-refractivity contribution >= 4 is 62.2 Å². The minimum absolute atomic E-state index is 0.0109. The minimum Gasteiger partial charge on any atom is -0.490 e. The van der Waals surface area contributed by atoms with Crippen LogP contribution in [0.3, 0.4) is 0 Å². The highest BCUT2D eigenvalue weighted by molar-refractivity contribution is 9.10. The van der Waals surface area contributed by atoms with Gasteiger partial charge in [0.2, 0.25) is 0 Å². The van der Waals surface area contributed by atoms with E-state index in [2.05, 4.69) is 61.0 Å². The van der Waals surface area contributed by atoms with E-state index in [-0.39, 0.29) is 24.3 Å². The molecule has 2 aromatic carbocycles. The fourth-order valence-electron chi connectivity index (χ4n) is 3.56. The Morgan fingerprint density at radius 1 is 1.19 bits per heavy atom. The fourth-order valence-corrected chi connectivity index (χ4v) is 5.45. The van der Waals surface area contributed by atoms with Crippen molar-refractivity contribution in [1.82, 2.24) is 4.90 Å². The van der Waals surface area contributed by atoms with Gasteiger partial charge < -0.3 is 14.6 Å². The minimum atomic E-state index is -0.895. The molecule has 1 aliphatic rings. The van der Waals surface area contributed by atoms with Crippen molar-refractivity contribution in [2.24, 2.45) is 0 Å². The summed E-state index contributed by atoms with van der Waals surface area (Å²) in [5, 5.41) is 8.85. The number of nitrogens with zero attached hydrogens (tertiary/aromatic N) is 1. The first-order valence-electron chi connectivity index (χ1n) is 11.6. The average molecular weight is 593 g/mol. The van der Waals surface area contributed by atoms with Gasteiger partial charge in [0.25, 0.3) is 5.91 Å². The molecule has 9 heteroatoms. The Labute approximate surface area is 230 Å². The third kappa shape index (κ3) is 7.33. The van der Waals surface area contributed by atoms with Crippen LogP contribution < -0.4 is 9.47 Å². The number of carboxylic acid groups (broad SMARTS) is 1. The number of hydrogen-bond acceptors (Lipinski definition) is 6. The average Bonchev–Trinajstić information content (AvgIpc) is 3.05. The zero-order valence-corrected chi connectivity index (χ0v) is 24.0. The number of carbonyl (C=O) groups excluding carboxylic acids is 1. The molecule has 1 fully saturated rings. The summed E-state index contributed by atoms with van der Waals surface area (Å²) in [5.41, 5.74) is 3.16. The van der Waals surface area contributed by atoms with Gasteiger partial charge in [-0.15, -0.1) is 0 Å². The van der Waals surface area contributed by atoms with Crippen molar-refractivity contribution in [3.05, 3.63) is 62.5 Å². The maximum Gasteiger partial charge on any atom is 0.303 e. The summed E-state index contributed by atoms with van der Waals surface area (Å²) in [6.45, 7) is 9.58. The zero-order valence-electron chi connectivity index (χ0n) is 20.8. The van der Waals surface area contributed by atoms with Crippen LogP contribution >= 0.6 is 39.9 Å². The highest BCUT2D eigenvalue weighted by Crippen LogP contribution is 2.40. The molecule has 1 heterocycles. The summed E-state index contributed by atoms with van der Waals surface area (Å²) in [5.74, 6) is 0.0495. The molecule has 2 aromatic rings. The van der Waals surface area contributed by atoms with Crippen molar-refractivity contribution in [3.63, 3.8) is 0 Å². The van der Waals surface area contributed by atoms with Gasteiger partial charge in [0.05, 0.1) is 16.0 Å². The van der Waals surface area contributed by atoms with Gasteiger partial charge in [0.1, 0.15) is 10.9 Å². The Bertz CT molecular complexity index is 1170. The van der Waals surface area contributed by atoms with Crippen LogP contribution in [0.5, 0.6) is 11.5 Å². The molecule has 0 aliphatic carbocycles. The molecular formula is C27H30BrNO5S2. The van der Waals surface area contributed by atoms with Crippen molar-refractivity contribution in [3.8, 4) is 11.5 Å². The number of thioether (sulfide) groups is 1. The molecule has 0 aromatic heterocycles. The summed E-state index contributed by atoms with van der Waals surface area (Å²) in [6, 6.07) is 12.1. The maximum absolute atomic E-state index is 12.8. The zero-order chi connectivity index (χ0) is 26.5. The molecule has 0 saturated carbocycles. The molecule has 3 rings (SSSR count). The van der Waals surface area contributed by atoms with Gasteiger partial charge in [0.15, 0.2) is 11.5 Å². The third-order valence-electron chi connectivity index (χ3n) is 5.48. The van der Waals surface area contributed by atoms with Crippen LogP contribution in [-0.4, -0.2) is 39.4 Å². The van der Waals surface area contributed by atoms with Gasteiger partial charge in [-0.25, -0.2) is 0 Å². The summed E-state index contributed by atoms with van der Waals surface area (Å²) < 4.78 is 13.1. The topological polar surface area (TPSA) is 76.1 Å². The number of thiocarbonyl (C=S) groups is 1. The van der Waals surface area contributed by atoms with Crippen molar-refractivity contribution < 1.29 is 24.2 Å². The van der Waals surface area contributed by atoms with Gasteiger partial charge in [-0.1, -0.05) is 69.0 Å². The number of carbonyl (C=O) groups is 2. The number of aliphatic carboxylic acids is 1. The Kier molecular flexibility index (Phi) is 9.60. The van der Waals surface area contributed by atoms with Gasteiger partial charge in [-0.2, -0.15) is 0 Å². The first-order valence-corrected chi connectivity index (χ1v) is 13.7. The second-order valence-corrected chi connectivity index (χ2v) is 11.9. The lowest BCUT2D eigenvalue weighted by molar-refractivity contribution is -0.137. The summed E-state index contributed by atoms with van der Waals surface area (Å²) in [4.78, 5) is 25.6. The highest BCUT2D eigenvalue weighted by Gasteiger charge is 2.31. The lowest BCUT2D eigenvalue weighted by Gasteiger charge is -2.19. The smallest absolute Gasteiger partial charge is 0.303 e. The van der Waals surface area contributed by atoms with Crippen LogP contribution in [0, 0.1) is 0 Å². The number of benzene rings is 2. The monoisotopic (exact) mass is 591 g/mol. The fraction of sp³-hybridized carbons (Fsp3) is 0.370. The van der Waals surface area contributed by atoms with E-state index in [1.807, 2.05) is 19.1 Å². The van der Waals surface area contributed by atoms with E-state index in [0.29, 0.717) is 44.8 Å². The summed E-state index contributed by atoms with van der Waals surface area (Å²) in [6.07, 6.45) is 2.10. The number of carboxylic acids is 1. The Morgan fingerprint density at radius 3 is 2.50 bits per heavy atom. The van der Waals surface area contributed by atoms with E-state index < -0.39 is 5.97 Å². The Balaban J connectivity index is 1.77. The second kappa shape index (κ2) is 12.3. The SMILES string of the molecule is CCOc1cc(/C=C2/SC(=S)N(CCCC(=O)O)C2=O)cc(Br)c1OCc1ccc(C(C)(C)C)cc1. The Morgan fingerprint density at radius 2 is 1.89 bits per heavy atom. The molecule has 6 nitrogen and oxygen atoms in total. The lowest BCUT2D eigenvalue weighted by atomic mass is 9.87. The molecule has 36 heavy (non-hydrogen) atoms. The second-order valence-electron chi connectivity index (χ2n) is 9.33. The predicted octanol–water partition coefficient (Wildman–Crippen LogP) is 6.79. The molecule has 0 radical (unpaired) electrons. The van der Waals surface area contributed by atoms with Gasteiger partial charge in [-0.05, 0) is 69.6 Å². The predicted molar refractivity (Wildman–Crippen MR) is 152 cm³/mol. The van der Waals surface area contributed by atoms with Crippen LogP contribution in [-0.2, 0) is 21.6 Å². The molecule has 0 unspecified atom stereocenters. The van der Waals surface area contributed by atoms with E-state index in [9.17, 15) is 9.59 Å². The van der Waals surface area contributed by atoms with Crippen LogP contribution in [0.15, 0.2) is 45.8 Å². The van der Waals surface area contributed by atoms with Crippen LogP contribution in [0.4, 0.5) is 0 Å². The molecule has 0 bridgehead atoms. The molecule has 192 valence electrons. The lowest BCUT2D eigenvalue weighted by Crippen LogP contribution is -2.29. The highest BCUT2D eigenvalue weighted by atomic mass is 79.9. The number of rotatable bonds is 10. The van der Waals surface area contributed by atoms with Crippen LogP contribution in [0.2, 0.25) is 0 Å². The van der Waals surface area contributed by atoms with Gasteiger partial charge >= 0.3 is 5.97 Å². The van der Waals surface area contributed by atoms with E-state index in [4.69, 9.17) is 26.8 Å². The first-order chi connectivity index (χ1) is 17.0. The first kappa shape index (κ1) is 28.2. The van der Waals surface area contributed by atoms with E-state index >= 15 is 0 Å². The largest absolute Gasteiger partial charge is 0.490 e. The van der Waals surface area contributed by atoms with Crippen molar-refractivity contribution in [1.29, 1.82) is 0 Å². The van der Waals surface area contributed by atoms with Gasteiger partial charge in [-0.3, -0.25) is 14.5 Å². The van der Waals surface area contributed by atoms with Crippen molar-refractivity contribution in [2.45, 2.75) is 52.6 Å². The quantitative estimate of drug-likeness (QED) is 0.241. The van der Waals surface area contributed by atoms with Crippen LogP contribution in [0.25, 0.3) is 6.08 Å². The molecule has 0 atom stereocenters.